The van der Waals surface area contributed by atoms with Gasteiger partial charge in [-0.2, -0.15) is 0 Å². The average molecular weight is 835 g/mol. The molecule has 2 unspecified atom stereocenters. The molecule has 2 aliphatic carbocycles. The van der Waals surface area contributed by atoms with Gasteiger partial charge in [-0.1, -0.05) is 39.5 Å². The molecule has 2 aliphatic rings. The fraction of sp³-hybridized carbons (Fsp3) is 0.265. The number of hydrogen-bond acceptors (Lipinski definition) is 0. The topological polar surface area (TPSA) is 0 Å². The van der Waals surface area contributed by atoms with Crippen molar-refractivity contribution in [1.29, 1.82) is 0 Å². The van der Waals surface area contributed by atoms with Crippen molar-refractivity contribution in [2.24, 2.45) is 0 Å². The van der Waals surface area contributed by atoms with Crippen LogP contribution < -0.4 is 0 Å². The molecule has 6 aromatic rings. The van der Waals surface area contributed by atoms with Gasteiger partial charge in [-0.15, -0.1) is 24.8 Å². The molecule has 0 saturated heterocycles. The van der Waals surface area contributed by atoms with Gasteiger partial charge in [0.15, 0.2) is 0 Å². The fourth-order valence-corrected chi connectivity index (χ4v) is 29.5. The summed E-state index contributed by atoms with van der Waals surface area (Å²) in [6, 6.07) is 45.7. The maximum absolute atomic E-state index is 2.87. The third kappa shape index (κ3) is 7.77. The van der Waals surface area contributed by atoms with E-state index in [4.69, 9.17) is 0 Å². The number of halogens is 2. The van der Waals surface area contributed by atoms with E-state index in [0.717, 1.165) is 12.8 Å². The molecule has 0 nitrogen and oxygen atoms in total. The molecule has 0 amide bonds. The molecule has 274 valence electrons. The summed E-state index contributed by atoms with van der Waals surface area (Å²) >= 11 is -2.87. The van der Waals surface area contributed by atoms with Crippen LogP contribution >= 0.6 is 24.8 Å². The molecule has 0 saturated carbocycles. The molecule has 0 radical (unpaired) electrons. The molecule has 0 aromatic heterocycles. The van der Waals surface area contributed by atoms with Crippen molar-refractivity contribution in [1.82, 2.24) is 0 Å². The summed E-state index contributed by atoms with van der Waals surface area (Å²) < 4.78 is 4.05. The Labute approximate surface area is 337 Å². The first kappa shape index (κ1) is 41.2. The summed E-state index contributed by atoms with van der Waals surface area (Å²) in [5, 5.41) is 5.33. The number of allylic oxidation sites excluding steroid dienone is 2. The van der Waals surface area contributed by atoms with Crippen LogP contribution in [0.3, 0.4) is 0 Å². The summed E-state index contributed by atoms with van der Waals surface area (Å²) in [6.07, 6.45) is 13.0. The molecule has 2 atom stereocenters. The van der Waals surface area contributed by atoms with Crippen LogP contribution in [0.1, 0.15) is 95.7 Å². The standard InChI is InChI=1S/2C21H17.C6H14.CH3.2ClH.H3Si.Zr/c2*1-2-15-13-17-9-6-12-20(21(17)14-15)19-11-5-8-16-7-3-4-10-18(16)19;1-3-5-6-4-2;;;;;/h2*3-14H,2H2,1H3;3-6H2,1-2H3;1H3;2*1H;1H3;. The van der Waals surface area contributed by atoms with Crippen molar-refractivity contribution >= 4 is 65.9 Å². The Morgan fingerprint density at radius 2 is 0.830 bits per heavy atom. The summed E-state index contributed by atoms with van der Waals surface area (Å²) in [7, 11) is 1.29. The van der Waals surface area contributed by atoms with Gasteiger partial charge < -0.3 is 0 Å². The predicted molar refractivity (Wildman–Crippen MR) is 241 cm³/mol. The van der Waals surface area contributed by atoms with E-state index in [9.17, 15) is 0 Å². The van der Waals surface area contributed by atoms with Crippen LogP contribution in [0.2, 0.25) is 4.63 Å². The second kappa shape index (κ2) is 18.1. The van der Waals surface area contributed by atoms with E-state index in [0.29, 0.717) is 7.25 Å². The largest absolute Gasteiger partial charge is 0.147 e. The van der Waals surface area contributed by atoms with E-state index >= 15 is 0 Å². The second-order valence-corrected chi connectivity index (χ2v) is 39.8. The first-order chi connectivity index (χ1) is 24.9. The van der Waals surface area contributed by atoms with E-state index < -0.39 is 19.4 Å². The van der Waals surface area contributed by atoms with Crippen molar-refractivity contribution in [2.45, 2.75) is 78.1 Å². The Hall–Kier alpha value is -3.00. The molecule has 0 N–H and O–H groups in total. The summed E-state index contributed by atoms with van der Waals surface area (Å²) in [6.45, 7) is 9.25. The van der Waals surface area contributed by atoms with Gasteiger partial charge in [0.05, 0.1) is 0 Å². The van der Waals surface area contributed by atoms with E-state index in [-0.39, 0.29) is 24.8 Å². The SMILES string of the molecule is CCC1=Cc2c(-c3cccc4ccccc34)cccc2[CH]1[Zr]([CH3])([SiH3])[CH]1C(CC)=Cc2c(-c3cccc4ccccc34)cccc21.CCCCCC.Cl.Cl. The van der Waals surface area contributed by atoms with Gasteiger partial charge in [0, 0.05) is 0 Å². The van der Waals surface area contributed by atoms with Crippen molar-refractivity contribution in [3.05, 3.63) is 155 Å². The van der Waals surface area contributed by atoms with Gasteiger partial charge in [-0.3, -0.25) is 0 Å². The molecule has 53 heavy (non-hydrogen) atoms. The molecular formula is C49H56Cl2SiZr. The van der Waals surface area contributed by atoms with Crippen LogP contribution in [0.4, 0.5) is 0 Å². The third-order valence-corrected chi connectivity index (χ3v) is 29.2. The van der Waals surface area contributed by atoms with Crippen molar-refractivity contribution in [3.63, 3.8) is 0 Å². The Morgan fingerprint density at radius 3 is 1.23 bits per heavy atom. The van der Waals surface area contributed by atoms with Gasteiger partial charge in [0.1, 0.15) is 0 Å². The third-order valence-electron chi connectivity index (χ3n) is 11.7. The number of unbranched alkanes of at least 4 members (excludes halogenated alkanes) is 3. The first-order valence-corrected chi connectivity index (χ1v) is 33.2. The second-order valence-electron chi connectivity index (χ2n) is 15.2. The van der Waals surface area contributed by atoms with E-state index in [1.165, 1.54) is 88.0 Å². The van der Waals surface area contributed by atoms with Crippen LogP contribution in [-0.2, 0) is 19.4 Å². The van der Waals surface area contributed by atoms with Gasteiger partial charge in [0.2, 0.25) is 0 Å². The summed E-state index contributed by atoms with van der Waals surface area (Å²) in [5.74, 6) is 0. The van der Waals surface area contributed by atoms with Gasteiger partial charge in [-0.05, 0) is 0 Å². The number of benzene rings is 6. The number of rotatable bonds is 9. The molecule has 0 heterocycles. The maximum Gasteiger partial charge on any atom is -0.0536 e. The molecule has 4 heteroatoms. The van der Waals surface area contributed by atoms with Crippen LogP contribution in [0, 0.1) is 0 Å². The smallest absolute Gasteiger partial charge is 0.0536 e. The zero-order valence-electron chi connectivity index (χ0n) is 32.4. The van der Waals surface area contributed by atoms with Crippen molar-refractivity contribution < 1.29 is 19.4 Å². The molecule has 0 spiro atoms. The molecule has 0 aliphatic heterocycles. The molecule has 0 bridgehead atoms. The molecule has 6 aromatic carbocycles. The van der Waals surface area contributed by atoms with Crippen LogP contribution in [-0.4, -0.2) is 7.37 Å². The van der Waals surface area contributed by atoms with Gasteiger partial charge >= 0.3 is 276 Å². The van der Waals surface area contributed by atoms with Gasteiger partial charge in [-0.25, -0.2) is 0 Å². The quantitative estimate of drug-likeness (QED) is 0.101. The van der Waals surface area contributed by atoms with Crippen molar-refractivity contribution in [2.75, 3.05) is 0 Å². The minimum absolute atomic E-state index is 0. The van der Waals surface area contributed by atoms with E-state index in [1.807, 2.05) is 0 Å². The average Bonchev–Trinajstić information content (AvgIpc) is 3.77. The van der Waals surface area contributed by atoms with Crippen molar-refractivity contribution in [3.8, 4) is 22.3 Å². The zero-order valence-corrected chi connectivity index (χ0v) is 38.5. The normalized spacial score (nSPS) is 16.7. The Morgan fingerprint density at radius 1 is 0.472 bits per heavy atom. The monoisotopic (exact) mass is 832 g/mol. The number of fused-ring (bicyclic) bond motifs is 4. The summed E-state index contributed by atoms with van der Waals surface area (Å²) in [4.78, 5) is 0. The predicted octanol–water partition coefficient (Wildman–Crippen LogP) is 14.6. The van der Waals surface area contributed by atoms with Crippen LogP contribution in [0.5, 0.6) is 0 Å². The maximum atomic E-state index is 2.81. The zero-order chi connectivity index (χ0) is 35.5. The number of hydrogen-bond donors (Lipinski definition) is 0. The Balaban J connectivity index is 0.000000628. The molecule has 8 rings (SSSR count). The minimum Gasteiger partial charge on any atom is -0.147 e. The summed E-state index contributed by atoms with van der Waals surface area (Å²) in [5.41, 5.74) is 15.1. The Kier molecular flexibility index (Phi) is 14.1. The molecule has 0 fully saturated rings. The van der Waals surface area contributed by atoms with Crippen LogP contribution in [0.15, 0.2) is 132 Å². The first-order valence-electron chi connectivity index (χ1n) is 19.6. The van der Waals surface area contributed by atoms with Gasteiger partial charge in [0.25, 0.3) is 0 Å². The molecular weight excluding hydrogens is 779 g/mol. The minimum atomic E-state index is -2.87. The van der Waals surface area contributed by atoms with Crippen LogP contribution in [0.25, 0.3) is 56.0 Å². The van der Waals surface area contributed by atoms with E-state index in [2.05, 4.69) is 166 Å². The Bertz CT molecular complexity index is 2100. The van der Waals surface area contributed by atoms with E-state index in [1.54, 1.807) is 22.3 Å². The fourth-order valence-electron chi connectivity index (χ4n) is 9.36.